The topological polar surface area (TPSA) is 84.4 Å². The van der Waals surface area contributed by atoms with Crippen LogP contribution in [-0.4, -0.2) is 38.8 Å². The molecular formula is C9H14N4O3. The summed E-state index contributed by atoms with van der Waals surface area (Å²) < 4.78 is 1.69. The maximum absolute atomic E-state index is 10.9. The van der Waals surface area contributed by atoms with Crippen molar-refractivity contribution < 1.29 is 10.0 Å². The summed E-state index contributed by atoms with van der Waals surface area (Å²) in [4.78, 5) is 16.1. The Balaban J connectivity index is 2.42. The van der Waals surface area contributed by atoms with Crippen LogP contribution in [0.2, 0.25) is 0 Å². The summed E-state index contributed by atoms with van der Waals surface area (Å²) in [6.45, 7) is 2.78. The van der Waals surface area contributed by atoms with Crippen molar-refractivity contribution in [3.8, 4) is 0 Å². The Labute approximate surface area is 92.5 Å². The Bertz CT molecular complexity index is 429. The molecule has 1 aromatic heterocycles. The molecule has 1 atom stereocenters. The maximum atomic E-state index is 10.9. The van der Waals surface area contributed by atoms with Gasteiger partial charge >= 0.3 is 5.82 Å². The van der Waals surface area contributed by atoms with E-state index in [0.29, 0.717) is 31.2 Å². The van der Waals surface area contributed by atoms with Gasteiger partial charge in [-0.05, 0) is 16.3 Å². The predicted molar refractivity (Wildman–Crippen MR) is 57.4 cm³/mol. The quantitative estimate of drug-likeness (QED) is 0.575. The van der Waals surface area contributed by atoms with E-state index in [1.807, 2.05) is 4.90 Å². The average molecular weight is 226 g/mol. The molecule has 1 aromatic rings. The van der Waals surface area contributed by atoms with E-state index in [4.69, 9.17) is 0 Å². The van der Waals surface area contributed by atoms with Crippen molar-refractivity contribution in [1.29, 1.82) is 0 Å². The number of anilines is 1. The van der Waals surface area contributed by atoms with Crippen LogP contribution in [0.3, 0.4) is 0 Å². The van der Waals surface area contributed by atoms with Crippen LogP contribution in [0.1, 0.15) is 12.2 Å². The van der Waals surface area contributed by atoms with Gasteiger partial charge in [-0.2, -0.15) is 0 Å². The zero-order valence-electron chi connectivity index (χ0n) is 9.25. The molecule has 1 N–H and O–H groups in total. The summed E-state index contributed by atoms with van der Waals surface area (Å²) in [6.07, 6.45) is 0.233. The minimum absolute atomic E-state index is 0.130. The molecule has 2 rings (SSSR count). The molecule has 7 heteroatoms. The monoisotopic (exact) mass is 226 g/mol. The largest absolute Gasteiger partial charge is 0.406 e. The maximum Gasteiger partial charge on any atom is 0.406 e. The first kappa shape index (κ1) is 10.9. The van der Waals surface area contributed by atoms with Crippen molar-refractivity contribution in [3.05, 3.63) is 15.9 Å². The highest BCUT2D eigenvalue weighted by Gasteiger charge is 2.32. The zero-order chi connectivity index (χ0) is 11.9. The van der Waals surface area contributed by atoms with Gasteiger partial charge in [0.2, 0.25) is 11.6 Å². The minimum atomic E-state index is -0.479. The van der Waals surface area contributed by atoms with Gasteiger partial charge in [0.15, 0.2) is 0 Å². The van der Waals surface area contributed by atoms with Gasteiger partial charge in [0, 0.05) is 27.1 Å². The van der Waals surface area contributed by atoms with E-state index in [9.17, 15) is 15.2 Å². The van der Waals surface area contributed by atoms with Gasteiger partial charge in [0.1, 0.15) is 0 Å². The lowest BCUT2D eigenvalue weighted by Crippen LogP contribution is -2.24. The molecule has 1 saturated heterocycles. The van der Waals surface area contributed by atoms with Gasteiger partial charge in [-0.25, -0.2) is 0 Å². The third-order valence-electron chi connectivity index (χ3n) is 2.91. The van der Waals surface area contributed by atoms with Crippen LogP contribution in [0.15, 0.2) is 0 Å². The molecule has 0 bridgehead atoms. The summed E-state index contributed by atoms with van der Waals surface area (Å²) in [5.41, 5.74) is 0. The van der Waals surface area contributed by atoms with Crippen LogP contribution in [0.5, 0.6) is 0 Å². The van der Waals surface area contributed by atoms with Crippen LogP contribution in [0, 0.1) is 17.0 Å². The Morgan fingerprint density at radius 3 is 2.81 bits per heavy atom. The number of nitro groups is 1. The fraction of sp³-hybridized carbons (Fsp3) is 0.667. The molecule has 2 heterocycles. The van der Waals surface area contributed by atoms with E-state index in [-0.39, 0.29) is 5.82 Å². The molecule has 0 amide bonds. The molecule has 0 aromatic carbocycles. The number of aliphatic hydroxyl groups excluding tert-OH is 1. The van der Waals surface area contributed by atoms with Gasteiger partial charge in [-0.15, -0.1) is 0 Å². The molecule has 1 aliphatic heterocycles. The first-order valence-corrected chi connectivity index (χ1v) is 5.11. The summed E-state index contributed by atoms with van der Waals surface area (Å²) in [5, 5.41) is 20.3. The van der Waals surface area contributed by atoms with Crippen molar-refractivity contribution >= 4 is 11.6 Å². The molecule has 1 unspecified atom stereocenters. The Hall–Kier alpha value is -1.63. The van der Waals surface area contributed by atoms with E-state index >= 15 is 0 Å². The van der Waals surface area contributed by atoms with E-state index in [2.05, 4.69) is 4.98 Å². The van der Waals surface area contributed by atoms with Crippen molar-refractivity contribution in [1.82, 2.24) is 9.55 Å². The van der Waals surface area contributed by atoms with Crippen LogP contribution >= 0.6 is 0 Å². The zero-order valence-corrected chi connectivity index (χ0v) is 9.25. The molecule has 0 spiro atoms. The lowest BCUT2D eigenvalue weighted by molar-refractivity contribution is -0.388. The Kier molecular flexibility index (Phi) is 2.55. The molecule has 0 saturated carbocycles. The molecule has 7 nitrogen and oxygen atoms in total. The first-order valence-electron chi connectivity index (χ1n) is 5.11. The summed E-state index contributed by atoms with van der Waals surface area (Å²) in [5.74, 6) is 0.955. The molecule has 1 aliphatic rings. The van der Waals surface area contributed by atoms with E-state index in [0.717, 1.165) is 0 Å². The molecule has 0 radical (unpaired) electrons. The Morgan fingerprint density at radius 2 is 2.31 bits per heavy atom. The fourth-order valence-electron chi connectivity index (χ4n) is 1.99. The van der Waals surface area contributed by atoms with Gasteiger partial charge in [0.05, 0.1) is 6.10 Å². The van der Waals surface area contributed by atoms with Crippen LogP contribution in [0.25, 0.3) is 0 Å². The molecule has 1 fully saturated rings. The Morgan fingerprint density at radius 1 is 1.62 bits per heavy atom. The normalized spacial score (nSPS) is 20.4. The standard InChI is InChI=1S/C9H14N4O3/c1-6-10-8(13(15)16)9(11(6)2)12-4-3-7(14)5-12/h7,14H,3-5H2,1-2H3. The summed E-state index contributed by atoms with van der Waals surface area (Å²) in [7, 11) is 1.75. The second-order valence-corrected chi connectivity index (χ2v) is 4.01. The van der Waals surface area contributed by atoms with Crippen molar-refractivity contribution in [2.24, 2.45) is 7.05 Å². The van der Waals surface area contributed by atoms with Crippen LogP contribution in [-0.2, 0) is 7.05 Å². The number of rotatable bonds is 2. The highest BCUT2D eigenvalue weighted by atomic mass is 16.6. The number of hydrogen-bond acceptors (Lipinski definition) is 5. The summed E-state index contributed by atoms with van der Waals surface area (Å²) in [6, 6.07) is 0. The van der Waals surface area contributed by atoms with Gasteiger partial charge < -0.3 is 20.1 Å². The van der Waals surface area contributed by atoms with Crippen molar-refractivity contribution in [2.75, 3.05) is 18.0 Å². The smallest absolute Gasteiger partial charge is 0.391 e. The number of hydrogen-bond donors (Lipinski definition) is 1. The van der Waals surface area contributed by atoms with Gasteiger partial charge in [0.25, 0.3) is 0 Å². The predicted octanol–water partition coefficient (Wildman–Crippen LogP) is 0.208. The highest BCUT2D eigenvalue weighted by molar-refractivity contribution is 5.56. The SMILES string of the molecule is Cc1nc([N+](=O)[O-])c(N2CCC(O)C2)n1C. The average Bonchev–Trinajstić information content (AvgIpc) is 2.73. The third kappa shape index (κ3) is 1.63. The third-order valence-corrected chi connectivity index (χ3v) is 2.91. The highest BCUT2D eigenvalue weighted by Crippen LogP contribution is 2.30. The second kappa shape index (κ2) is 3.75. The fourth-order valence-corrected chi connectivity index (χ4v) is 1.99. The molecule has 16 heavy (non-hydrogen) atoms. The van der Waals surface area contributed by atoms with Crippen LogP contribution in [0.4, 0.5) is 11.6 Å². The van der Waals surface area contributed by atoms with Crippen molar-refractivity contribution in [2.45, 2.75) is 19.4 Å². The number of β-amino-alcohol motifs (C(OH)–C–C–N with tert-alkyl or cyclic N) is 1. The lowest BCUT2D eigenvalue weighted by atomic mass is 10.3. The van der Waals surface area contributed by atoms with E-state index in [1.54, 1.807) is 18.5 Å². The van der Waals surface area contributed by atoms with E-state index < -0.39 is 11.0 Å². The number of aliphatic hydroxyl groups is 1. The minimum Gasteiger partial charge on any atom is -0.391 e. The second-order valence-electron chi connectivity index (χ2n) is 4.01. The van der Waals surface area contributed by atoms with E-state index in [1.165, 1.54) is 0 Å². The van der Waals surface area contributed by atoms with Gasteiger partial charge in [-0.1, -0.05) is 0 Å². The number of nitrogens with zero attached hydrogens (tertiary/aromatic N) is 4. The van der Waals surface area contributed by atoms with Crippen molar-refractivity contribution in [3.63, 3.8) is 0 Å². The molecular weight excluding hydrogens is 212 g/mol. The first-order chi connectivity index (χ1) is 7.50. The number of aryl methyl sites for hydroxylation is 1. The number of aromatic nitrogens is 2. The summed E-state index contributed by atoms with van der Waals surface area (Å²) >= 11 is 0. The molecule has 88 valence electrons. The van der Waals surface area contributed by atoms with Crippen LogP contribution < -0.4 is 4.90 Å². The molecule has 0 aliphatic carbocycles. The van der Waals surface area contributed by atoms with Gasteiger partial charge in [-0.3, -0.25) is 4.57 Å². The lowest BCUT2D eigenvalue weighted by Gasteiger charge is -2.16. The number of imidazole rings is 1.